The number of rotatable bonds is 11. The molecular formula is C17H35N5O6. The molecule has 0 radical (unpaired) electrons. The monoisotopic (exact) mass is 405 g/mol. The van der Waals surface area contributed by atoms with Gasteiger partial charge in [-0.25, -0.2) is 0 Å². The molecule has 1 saturated heterocycles. The Kier molecular flexibility index (Phi) is 10.2. The third-order valence-corrected chi connectivity index (χ3v) is 4.48. The Morgan fingerprint density at radius 3 is 2.36 bits per heavy atom. The van der Waals surface area contributed by atoms with Crippen LogP contribution in [0.2, 0.25) is 0 Å². The van der Waals surface area contributed by atoms with E-state index >= 15 is 0 Å². The van der Waals surface area contributed by atoms with E-state index < -0.39 is 54.5 Å². The quantitative estimate of drug-likeness (QED) is 0.172. The van der Waals surface area contributed by atoms with Gasteiger partial charge >= 0.3 is 0 Å². The molecule has 10 N–H and O–H groups in total. The molecule has 11 nitrogen and oxygen atoms in total. The highest BCUT2D eigenvalue weighted by molar-refractivity contribution is 5.81. The summed E-state index contributed by atoms with van der Waals surface area (Å²) >= 11 is 0. The van der Waals surface area contributed by atoms with Crippen LogP contribution in [0.5, 0.6) is 0 Å². The smallest absolute Gasteiger partial charge is 0.237 e. The maximum absolute atomic E-state index is 11.9. The summed E-state index contributed by atoms with van der Waals surface area (Å²) in [4.78, 5) is 23.4. The first-order valence-corrected chi connectivity index (χ1v) is 9.50. The molecule has 0 aromatic rings. The van der Waals surface area contributed by atoms with Gasteiger partial charge in [0.25, 0.3) is 0 Å². The fourth-order valence-corrected chi connectivity index (χ4v) is 2.90. The highest BCUT2D eigenvalue weighted by Crippen LogP contribution is 2.22. The molecule has 0 aromatic carbocycles. The molecule has 0 spiro atoms. The number of hydrogen-bond acceptors (Lipinski definition) is 9. The van der Waals surface area contributed by atoms with Gasteiger partial charge < -0.3 is 47.5 Å². The Balaban J connectivity index is 2.68. The molecule has 1 aliphatic rings. The Morgan fingerprint density at radius 1 is 1.21 bits per heavy atom. The molecule has 1 aliphatic heterocycles. The summed E-state index contributed by atoms with van der Waals surface area (Å²) in [6.45, 7) is 5.81. The number of primary amides is 1. The van der Waals surface area contributed by atoms with Crippen molar-refractivity contribution in [1.82, 2.24) is 10.6 Å². The average molecular weight is 405 g/mol. The van der Waals surface area contributed by atoms with Crippen LogP contribution in [0.3, 0.4) is 0 Å². The fourth-order valence-electron chi connectivity index (χ4n) is 2.90. The van der Waals surface area contributed by atoms with E-state index in [9.17, 15) is 19.8 Å². The molecule has 0 unspecified atom stereocenters. The highest BCUT2D eigenvalue weighted by atomic mass is 16.7. The second-order valence-electron chi connectivity index (χ2n) is 7.49. The molecule has 1 rings (SSSR count). The van der Waals surface area contributed by atoms with Crippen molar-refractivity contribution in [2.45, 2.75) is 69.9 Å². The van der Waals surface area contributed by atoms with Crippen LogP contribution in [0.1, 0.15) is 27.2 Å². The molecule has 28 heavy (non-hydrogen) atoms. The zero-order valence-electron chi connectivity index (χ0n) is 16.7. The number of aliphatic hydroxyl groups excluding tert-OH is 2. The van der Waals surface area contributed by atoms with Gasteiger partial charge in [-0.2, -0.15) is 0 Å². The van der Waals surface area contributed by atoms with E-state index in [-0.39, 0.29) is 19.1 Å². The van der Waals surface area contributed by atoms with E-state index in [0.29, 0.717) is 13.0 Å². The van der Waals surface area contributed by atoms with Crippen molar-refractivity contribution < 1.29 is 29.3 Å². The summed E-state index contributed by atoms with van der Waals surface area (Å²) in [5.41, 5.74) is 16.5. The maximum Gasteiger partial charge on any atom is 0.237 e. The molecule has 0 saturated carbocycles. The van der Waals surface area contributed by atoms with Gasteiger partial charge in [0.05, 0.1) is 18.7 Å². The van der Waals surface area contributed by atoms with Crippen LogP contribution in [0.15, 0.2) is 0 Å². The van der Waals surface area contributed by atoms with Gasteiger partial charge in [0.15, 0.2) is 6.29 Å². The van der Waals surface area contributed by atoms with E-state index in [4.69, 9.17) is 26.7 Å². The maximum atomic E-state index is 11.9. The zero-order chi connectivity index (χ0) is 21.4. The van der Waals surface area contributed by atoms with Crippen LogP contribution >= 0.6 is 0 Å². The lowest BCUT2D eigenvalue weighted by Crippen LogP contribution is -2.66. The number of aliphatic hydroxyl groups is 2. The summed E-state index contributed by atoms with van der Waals surface area (Å²) in [5.74, 6) is -0.692. The molecule has 0 bridgehead atoms. The number of carbonyl (C=O) groups excluding carboxylic acids is 2. The number of nitrogens with one attached hydrogen (secondary N) is 2. The normalized spacial score (nSPS) is 30.1. The number of amides is 2. The van der Waals surface area contributed by atoms with Gasteiger partial charge in [0.1, 0.15) is 24.4 Å². The van der Waals surface area contributed by atoms with E-state index in [1.807, 2.05) is 13.8 Å². The molecule has 7 atom stereocenters. The average Bonchev–Trinajstić information content (AvgIpc) is 2.62. The van der Waals surface area contributed by atoms with Crippen molar-refractivity contribution >= 4 is 11.8 Å². The van der Waals surface area contributed by atoms with Gasteiger partial charge in [0, 0.05) is 13.1 Å². The standard InChI is InChI=1S/C17H35N5O6/c1-8(2)6-10(15(20)25)21-4-5-27-17-12(22-16(26)9(3)19)14(24)13(23)11(7-18)28-17/h8-14,17,21,23-24H,4-7,18-19H2,1-3H3,(H2,20,25)(H,22,26)/t9-,10-,11+,12+,13+,14+,17-/m0/s1. The third kappa shape index (κ3) is 7.24. The molecule has 11 heteroatoms. The molecule has 1 fully saturated rings. The summed E-state index contributed by atoms with van der Waals surface area (Å²) in [5, 5.41) is 26.0. The number of carbonyl (C=O) groups is 2. The topological polar surface area (TPSA) is 195 Å². The lowest BCUT2D eigenvalue weighted by molar-refractivity contribution is -0.261. The second kappa shape index (κ2) is 11.6. The van der Waals surface area contributed by atoms with Crippen LogP contribution in [0.4, 0.5) is 0 Å². The van der Waals surface area contributed by atoms with E-state index in [2.05, 4.69) is 10.6 Å². The van der Waals surface area contributed by atoms with Gasteiger partial charge in [0.2, 0.25) is 11.8 Å². The van der Waals surface area contributed by atoms with Crippen LogP contribution < -0.4 is 27.8 Å². The minimum Gasteiger partial charge on any atom is -0.388 e. The fraction of sp³-hybridized carbons (Fsp3) is 0.882. The zero-order valence-corrected chi connectivity index (χ0v) is 16.7. The lowest BCUT2D eigenvalue weighted by atomic mass is 9.96. The van der Waals surface area contributed by atoms with Crippen molar-refractivity contribution in [2.75, 3.05) is 19.7 Å². The van der Waals surface area contributed by atoms with Crippen LogP contribution in [-0.4, -0.2) is 84.5 Å². The summed E-state index contributed by atoms with van der Waals surface area (Å²) in [6, 6.07) is -2.33. The van der Waals surface area contributed by atoms with Crippen molar-refractivity contribution in [3.8, 4) is 0 Å². The van der Waals surface area contributed by atoms with Gasteiger partial charge in [-0.05, 0) is 19.3 Å². The van der Waals surface area contributed by atoms with Crippen molar-refractivity contribution in [1.29, 1.82) is 0 Å². The molecule has 2 amide bonds. The summed E-state index contributed by atoms with van der Waals surface area (Å²) in [6.07, 6.45) is -3.94. The summed E-state index contributed by atoms with van der Waals surface area (Å²) in [7, 11) is 0. The minimum atomic E-state index is -1.35. The van der Waals surface area contributed by atoms with Gasteiger partial charge in [-0.1, -0.05) is 13.8 Å². The van der Waals surface area contributed by atoms with E-state index in [1.54, 1.807) is 0 Å². The van der Waals surface area contributed by atoms with Gasteiger partial charge in [-0.15, -0.1) is 0 Å². The lowest BCUT2D eigenvalue weighted by Gasteiger charge is -2.42. The number of ether oxygens (including phenoxy) is 2. The minimum absolute atomic E-state index is 0.0393. The molecule has 1 heterocycles. The van der Waals surface area contributed by atoms with Crippen LogP contribution in [-0.2, 0) is 19.1 Å². The first-order chi connectivity index (χ1) is 13.1. The molecule has 0 aromatic heterocycles. The molecular weight excluding hydrogens is 370 g/mol. The first-order valence-electron chi connectivity index (χ1n) is 9.50. The Morgan fingerprint density at radius 2 is 1.86 bits per heavy atom. The van der Waals surface area contributed by atoms with E-state index in [0.717, 1.165) is 0 Å². The predicted molar refractivity (Wildman–Crippen MR) is 102 cm³/mol. The highest BCUT2D eigenvalue weighted by Gasteiger charge is 2.45. The Labute approximate surface area is 165 Å². The predicted octanol–water partition coefficient (Wildman–Crippen LogP) is -3.27. The third-order valence-electron chi connectivity index (χ3n) is 4.48. The van der Waals surface area contributed by atoms with Crippen LogP contribution in [0.25, 0.3) is 0 Å². The van der Waals surface area contributed by atoms with E-state index in [1.165, 1.54) is 6.92 Å². The SMILES string of the molecule is CC(C)C[C@H](NCCO[C@H]1O[C@H](CN)[C@@H](O)[C@H](O)[C@H]1NC(=O)[C@H](C)N)C(N)=O. The Hall–Kier alpha value is -1.34. The molecule has 0 aliphatic carbocycles. The largest absolute Gasteiger partial charge is 0.388 e. The van der Waals surface area contributed by atoms with Crippen LogP contribution in [0, 0.1) is 5.92 Å². The summed E-state index contributed by atoms with van der Waals surface area (Å²) < 4.78 is 11.2. The van der Waals surface area contributed by atoms with Gasteiger partial charge in [-0.3, -0.25) is 9.59 Å². The van der Waals surface area contributed by atoms with Crippen molar-refractivity contribution in [3.05, 3.63) is 0 Å². The Bertz CT molecular complexity index is 506. The number of hydrogen-bond donors (Lipinski definition) is 7. The van der Waals surface area contributed by atoms with Crippen molar-refractivity contribution in [3.63, 3.8) is 0 Å². The van der Waals surface area contributed by atoms with Crippen molar-refractivity contribution in [2.24, 2.45) is 23.1 Å². The second-order valence-corrected chi connectivity index (χ2v) is 7.49. The number of nitrogens with two attached hydrogens (primary N) is 3. The first kappa shape index (κ1) is 24.7. The molecule has 164 valence electrons.